The Morgan fingerprint density at radius 3 is 2.35 bits per heavy atom. The van der Waals surface area contributed by atoms with E-state index in [-0.39, 0.29) is 6.54 Å². The maximum Gasteiger partial charge on any atom is 0.241 e. The topological polar surface area (TPSA) is 66.4 Å². The Morgan fingerprint density at radius 1 is 1.25 bits per heavy atom. The first kappa shape index (κ1) is 15.9. The Kier molecular flexibility index (Phi) is 4.89. The number of aliphatic hydroxyl groups is 1. The van der Waals surface area contributed by atoms with Crippen molar-refractivity contribution in [2.75, 3.05) is 6.54 Å². The molecular formula is C14H23NO3S2. The SMILES string of the molecule is Cc1cc(S(=O)(=O)NCC2(O)CCCCCC2)c(C)s1. The molecule has 1 saturated carbocycles. The van der Waals surface area contributed by atoms with Crippen LogP contribution in [-0.4, -0.2) is 25.7 Å². The van der Waals surface area contributed by atoms with Crippen LogP contribution in [0.3, 0.4) is 0 Å². The van der Waals surface area contributed by atoms with Crippen LogP contribution in [0.15, 0.2) is 11.0 Å². The predicted octanol–water partition coefficient (Wildman–Crippen LogP) is 2.73. The van der Waals surface area contributed by atoms with E-state index in [1.165, 1.54) is 11.3 Å². The van der Waals surface area contributed by atoms with Crippen LogP contribution in [0.5, 0.6) is 0 Å². The second-order valence-corrected chi connectivity index (χ2v) is 8.94. The van der Waals surface area contributed by atoms with Gasteiger partial charge >= 0.3 is 0 Å². The zero-order chi connectivity index (χ0) is 14.8. The first-order valence-corrected chi connectivity index (χ1v) is 9.41. The summed E-state index contributed by atoms with van der Waals surface area (Å²) in [5.41, 5.74) is -0.886. The Balaban J connectivity index is 2.07. The molecule has 6 heteroatoms. The van der Waals surface area contributed by atoms with Crippen LogP contribution in [0.4, 0.5) is 0 Å². The third-order valence-electron chi connectivity index (χ3n) is 3.91. The van der Waals surface area contributed by atoms with E-state index in [4.69, 9.17) is 0 Å². The second kappa shape index (κ2) is 6.13. The van der Waals surface area contributed by atoms with Crippen LogP contribution in [0.2, 0.25) is 0 Å². The lowest BCUT2D eigenvalue weighted by Gasteiger charge is -2.26. The van der Waals surface area contributed by atoms with Crippen LogP contribution in [0, 0.1) is 13.8 Å². The number of rotatable bonds is 4. The molecule has 1 aliphatic rings. The van der Waals surface area contributed by atoms with Crippen molar-refractivity contribution >= 4 is 21.4 Å². The smallest absolute Gasteiger partial charge is 0.241 e. The van der Waals surface area contributed by atoms with E-state index < -0.39 is 15.6 Å². The van der Waals surface area contributed by atoms with E-state index in [0.29, 0.717) is 17.7 Å². The normalized spacial score (nSPS) is 19.8. The molecule has 0 saturated heterocycles. The second-order valence-electron chi connectivity index (χ2n) is 5.74. The molecule has 20 heavy (non-hydrogen) atoms. The first-order valence-electron chi connectivity index (χ1n) is 7.12. The minimum Gasteiger partial charge on any atom is -0.389 e. The molecule has 0 aliphatic heterocycles. The minimum atomic E-state index is -3.52. The van der Waals surface area contributed by atoms with Crippen molar-refractivity contribution in [3.8, 4) is 0 Å². The highest BCUT2D eigenvalue weighted by molar-refractivity contribution is 7.89. The van der Waals surface area contributed by atoms with Gasteiger partial charge in [0.1, 0.15) is 0 Å². The summed E-state index contributed by atoms with van der Waals surface area (Å²) < 4.78 is 27.2. The molecule has 0 aromatic carbocycles. The third kappa shape index (κ3) is 3.81. The van der Waals surface area contributed by atoms with Crippen molar-refractivity contribution in [3.63, 3.8) is 0 Å². The Morgan fingerprint density at radius 2 is 1.85 bits per heavy atom. The fourth-order valence-electron chi connectivity index (χ4n) is 2.74. The van der Waals surface area contributed by atoms with Gasteiger partial charge in [-0.25, -0.2) is 13.1 Å². The molecule has 1 aliphatic carbocycles. The number of nitrogens with one attached hydrogen (secondary N) is 1. The zero-order valence-corrected chi connectivity index (χ0v) is 13.7. The molecular weight excluding hydrogens is 294 g/mol. The average Bonchev–Trinajstić information content (AvgIpc) is 2.59. The van der Waals surface area contributed by atoms with Crippen molar-refractivity contribution in [1.29, 1.82) is 0 Å². The van der Waals surface area contributed by atoms with Crippen LogP contribution >= 0.6 is 11.3 Å². The fourth-order valence-corrected chi connectivity index (χ4v) is 5.42. The van der Waals surface area contributed by atoms with Gasteiger partial charge in [-0.1, -0.05) is 25.7 Å². The summed E-state index contributed by atoms with van der Waals surface area (Å²) >= 11 is 1.48. The summed E-state index contributed by atoms with van der Waals surface area (Å²) in [7, 11) is -3.52. The Bertz CT molecular complexity index is 555. The maximum atomic E-state index is 12.3. The molecule has 0 radical (unpaired) electrons. The molecule has 0 bridgehead atoms. The lowest BCUT2D eigenvalue weighted by molar-refractivity contribution is 0.0303. The van der Waals surface area contributed by atoms with Gasteiger partial charge in [0.15, 0.2) is 0 Å². The van der Waals surface area contributed by atoms with Gasteiger partial charge in [-0.2, -0.15) is 0 Å². The largest absolute Gasteiger partial charge is 0.389 e. The van der Waals surface area contributed by atoms with Gasteiger partial charge in [0.25, 0.3) is 0 Å². The quantitative estimate of drug-likeness (QED) is 0.839. The van der Waals surface area contributed by atoms with E-state index in [0.717, 1.165) is 35.4 Å². The van der Waals surface area contributed by atoms with Crippen LogP contribution in [-0.2, 0) is 10.0 Å². The number of aryl methyl sites for hydroxylation is 2. The predicted molar refractivity (Wildman–Crippen MR) is 81.6 cm³/mol. The van der Waals surface area contributed by atoms with Gasteiger partial charge < -0.3 is 5.11 Å². The highest BCUT2D eigenvalue weighted by Crippen LogP contribution is 2.28. The van der Waals surface area contributed by atoms with Crippen molar-refractivity contribution < 1.29 is 13.5 Å². The number of thiophene rings is 1. The Labute approximate surface area is 125 Å². The van der Waals surface area contributed by atoms with Gasteiger partial charge in [-0.05, 0) is 32.8 Å². The Hall–Kier alpha value is -0.430. The van der Waals surface area contributed by atoms with Crippen LogP contribution in [0.1, 0.15) is 48.3 Å². The van der Waals surface area contributed by atoms with Gasteiger partial charge in [0.2, 0.25) is 10.0 Å². The van der Waals surface area contributed by atoms with E-state index in [9.17, 15) is 13.5 Å². The molecule has 1 heterocycles. The van der Waals surface area contributed by atoms with E-state index in [1.807, 2.05) is 13.8 Å². The highest BCUT2D eigenvalue weighted by Gasteiger charge is 2.30. The van der Waals surface area contributed by atoms with Gasteiger partial charge in [-0.3, -0.25) is 0 Å². The summed E-state index contributed by atoms with van der Waals surface area (Å²) in [5, 5.41) is 10.5. The third-order valence-corrected chi connectivity index (χ3v) is 6.53. The fraction of sp³-hybridized carbons (Fsp3) is 0.714. The van der Waals surface area contributed by atoms with Gasteiger partial charge in [-0.15, -0.1) is 11.3 Å². The zero-order valence-electron chi connectivity index (χ0n) is 12.1. The molecule has 1 fully saturated rings. The summed E-state index contributed by atoms with van der Waals surface area (Å²) in [6, 6.07) is 1.69. The van der Waals surface area contributed by atoms with E-state index in [2.05, 4.69) is 4.72 Å². The molecule has 2 N–H and O–H groups in total. The molecule has 2 rings (SSSR count). The standard InChI is InChI=1S/C14H23NO3S2/c1-11-9-13(12(2)19-11)20(17,18)15-10-14(16)7-5-3-4-6-8-14/h9,15-16H,3-8,10H2,1-2H3. The summed E-state index contributed by atoms with van der Waals surface area (Å²) in [6.45, 7) is 3.83. The first-order chi connectivity index (χ1) is 9.32. The number of hydrogen-bond acceptors (Lipinski definition) is 4. The summed E-state index contributed by atoms with van der Waals surface area (Å²) in [4.78, 5) is 2.12. The summed E-state index contributed by atoms with van der Waals surface area (Å²) in [6.07, 6.45) is 5.54. The van der Waals surface area contributed by atoms with Crippen LogP contribution < -0.4 is 4.72 Å². The highest BCUT2D eigenvalue weighted by atomic mass is 32.2. The van der Waals surface area contributed by atoms with Crippen molar-refractivity contribution in [2.24, 2.45) is 0 Å². The van der Waals surface area contributed by atoms with Crippen molar-refractivity contribution in [3.05, 3.63) is 15.8 Å². The van der Waals surface area contributed by atoms with Crippen molar-refractivity contribution in [2.45, 2.75) is 62.9 Å². The molecule has 0 atom stereocenters. The van der Waals surface area contributed by atoms with Gasteiger partial charge in [0, 0.05) is 16.3 Å². The molecule has 1 aromatic rings. The monoisotopic (exact) mass is 317 g/mol. The number of sulfonamides is 1. The molecule has 0 amide bonds. The maximum absolute atomic E-state index is 12.3. The summed E-state index contributed by atoms with van der Waals surface area (Å²) in [5.74, 6) is 0. The number of hydrogen-bond donors (Lipinski definition) is 2. The molecule has 4 nitrogen and oxygen atoms in total. The molecule has 1 aromatic heterocycles. The van der Waals surface area contributed by atoms with Crippen LogP contribution in [0.25, 0.3) is 0 Å². The van der Waals surface area contributed by atoms with Gasteiger partial charge in [0.05, 0.1) is 10.5 Å². The van der Waals surface area contributed by atoms with Crippen molar-refractivity contribution in [1.82, 2.24) is 4.72 Å². The van der Waals surface area contributed by atoms with E-state index in [1.54, 1.807) is 6.07 Å². The lowest BCUT2D eigenvalue weighted by Crippen LogP contribution is -2.42. The lowest BCUT2D eigenvalue weighted by atomic mass is 9.95. The molecule has 0 unspecified atom stereocenters. The van der Waals surface area contributed by atoms with E-state index >= 15 is 0 Å². The minimum absolute atomic E-state index is 0.115. The molecule has 114 valence electrons. The average molecular weight is 317 g/mol. The molecule has 0 spiro atoms.